The van der Waals surface area contributed by atoms with E-state index >= 15 is 0 Å². The van der Waals surface area contributed by atoms with Gasteiger partial charge in [-0.15, -0.1) is 0 Å². The second kappa shape index (κ2) is 6.40. The number of nitrogens with zero attached hydrogens (tertiary/aromatic N) is 6. The predicted molar refractivity (Wildman–Crippen MR) is 94.8 cm³/mol. The molecule has 0 bridgehead atoms. The summed E-state index contributed by atoms with van der Waals surface area (Å²) in [5, 5.41) is 5.14. The summed E-state index contributed by atoms with van der Waals surface area (Å²) in [6.45, 7) is 5.84. The second-order valence-electron chi connectivity index (χ2n) is 6.65. The van der Waals surface area contributed by atoms with Gasteiger partial charge in [-0.25, -0.2) is 14.4 Å². The van der Waals surface area contributed by atoms with E-state index in [1.54, 1.807) is 6.07 Å². The molecule has 1 aromatic carbocycles. The molecule has 4 rings (SSSR count). The first-order chi connectivity index (χ1) is 12.1. The van der Waals surface area contributed by atoms with Crippen LogP contribution in [0.5, 0.6) is 0 Å². The average molecular weight is 340 g/mol. The number of halogens is 1. The van der Waals surface area contributed by atoms with Gasteiger partial charge in [0.1, 0.15) is 18.0 Å². The van der Waals surface area contributed by atoms with Gasteiger partial charge in [0.15, 0.2) is 0 Å². The Kier molecular flexibility index (Phi) is 4.09. The van der Waals surface area contributed by atoms with Gasteiger partial charge in [0, 0.05) is 62.5 Å². The lowest BCUT2D eigenvalue weighted by atomic mass is 10.1. The number of rotatable bonds is 3. The number of aryl methyl sites for hydroxylation is 1. The molecule has 0 amide bonds. The molecule has 3 heterocycles. The largest absolute Gasteiger partial charge is 0.353 e. The first-order valence-electron chi connectivity index (χ1n) is 8.47. The number of piperazine rings is 1. The fourth-order valence-corrected chi connectivity index (χ4v) is 3.48. The molecular formula is C18H21FN6. The van der Waals surface area contributed by atoms with E-state index in [2.05, 4.69) is 38.0 Å². The maximum absolute atomic E-state index is 13.4. The number of aromatic nitrogens is 4. The van der Waals surface area contributed by atoms with Crippen LogP contribution in [0, 0.1) is 5.82 Å². The third-order valence-electron chi connectivity index (χ3n) is 4.79. The van der Waals surface area contributed by atoms with Crippen molar-refractivity contribution in [3.8, 4) is 0 Å². The third-order valence-corrected chi connectivity index (χ3v) is 4.79. The van der Waals surface area contributed by atoms with Gasteiger partial charge in [-0.3, -0.25) is 9.58 Å². The van der Waals surface area contributed by atoms with Crippen LogP contribution in [0.25, 0.3) is 10.9 Å². The third kappa shape index (κ3) is 3.19. The Balaban J connectivity index is 1.53. The summed E-state index contributed by atoms with van der Waals surface area (Å²) < 4.78 is 15.3. The van der Waals surface area contributed by atoms with Crippen molar-refractivity contribution in [3.05, 3.63) is 48.3 Å². The second-order valence-corrected chi connectivity index (χ2v) is 6.65. The molecule has 2 aromatic heterocycles. The molecule has 1 aliphatic heterocycles. The Morgan fingerprint density at radius 3 is 2.88 bits per heavy atom. The van der Waals surface area contributed by atoms with E-state index < -0.39 is 0 Å². The van der Waals surface area contributed by atoms with Crippen LogP contribution in [-0.2, 0) is 13.6 Å². The van der Waals surface area contributed by atoms with E-state index in [1.807, 2.05) is 17.9 Å². The number of benzene rings is 1. The molecule has 1 atom stereocenters. The highest BCUT2D eigenvalue weighted by Crippen LogP contribution is 2.26. The van der Waals surface area contributed by atoms with Crippen molar-refractivity contribution in [2.45, 2.75) is 19.5 Å². The van der Waals surface area contributed by atoms with Gasteiger partial charge in [0.2, 0.25) is 0 Å². The number of hydrogen-bond donors (Lipinski definition) is 0. The van der Waals surface area contributed by atoms with Crippen LogP contribution in [0.3, 0.4) is 0 Å². The van der Waals surface area contributed by atoms with Gasteiger partial charge in [-0.05, 0) is 19.1 Å². The smallest absolute Gasteiger partial charge is 0.139 e. The van der Waals surface area contributed by atoms with E-state index in [0.717, 1.165) is 37.4 Å². The van der Waals surface area contributed by atoms with Crippen molar-refractivity contribution < 1.29 is 4.39 Å². The summed E-state index contributed by atoms with van der Waals surface area (Å²) in [6, 6.07) is 5.09. The highest BCUT2D eigenvalue weighted by Gasteiger charge is 2.25. The summed E-state index contributed by atoms with van der Waals surface area (Å²) in [4.78, 5) is 13.4. The zero-order chi connectivity index (χ0) is 17.4. The zero-order valence-corrected chi connectivity index (χ0v) is 14.4. The Morgan fingerprint density at radius 1 is 1.24 bits per heavy atom. The van der Waals surface area contributed by atoms with Gasteiger partial charge in [0.05, 0.1) is 11.7 Å². The van der Waals surface area contributed by atoms with Crippen molar-refractivity contribution in [3.63, 3.8) is 0 Å². The molecule has 0 saturated carbocycles. The summed E-state index contributed by atoms with van der Waals surface area (Å²) in [6.07, 6.45) is 5.50. The van der Waals surface area contributed by atoms with E-state index in [0.29, 0.717) is 11.6 Å². The van der Waals surface area contributed by atoms with Gasteiger partial charge in [-0.2, -0.15) is 5.10 Å². The fraction of sp³-hybridized carbons (Fsp3) is 0.389. The molecule has 6 nitrogen and oxygen atoms in total. The lowest BCUT2D eigenvalue weighted by Crippen LogP contribution is -2.51. The van der Waals surface area contributed by atoms with E-state index in [9.17, 15) is 4.39 Å². The highest BCUT2D eigenvalue weighted by atomic mass is 19.1. The molecule has 0 spiro atoms. The van der Waals surface area contributed by atoms with E-state index in [-0.39, 0.29) is 5.82 Å². The molecule has 0 aliphatic carbocycles. The molecule has 1 aliphatic rings. The Morgan fingerprint density at radius 2 is 2.12 bits per heavy atom. The van der Waals surface area contributed by atoms with Crippen LogP contribution < -0.4 is 4.90 Å². The standard InChI is InChI=1S/C18H21FN6/c1-13-9-25(6-5-24(13)11-14-8-22-23(2)10-14)18-16-4-3-15(19)7-17(16)20-12-21-18/h3-4,7-8,10,12-13H,5-6,9,11H2,1-2H3. The predicted octanol–water partition coefficient (Wildman–Crippen LogP) is 2.21. The van der Waals surface area contributed by atoms with Crippen molar-refractivity contribution in [1.29, 1.82) is 0 Å². The van der Waals surface area contributed by atoms with Crippen LogP contribution in [-0.4, -0.2) is 50.3 Å². The fourth-order valence-electron chi connectivity index (χ4n) is 3.48. The van der Waals surface area contributed by atoms with Gasteiger partial charge in [-0.1, -0.05) is 0 Å². The minimum atomic E-state index is -0.271. The molecule has 0 radical (unpaired) electrons. The molecule has 1 saturated heterocycles. The SMILES string of the molecule is CC1CN(c2ncnc3cc(F)ccc23)CCN1Cc1cnn(C)c1. The van der Waals surface area contributed by atoms with Crippen molar-refractivity contribution in [2.75, 3.05) is 24.5 Å². The average Bonchev–Trinajstić information content (AvgIpc) is 3.01. The summed E-state index contributed by atoms with van der Waals surface area (Å²) in [5.41, 5.74) is 1.88. The molecule has 130 valence electrons. The van der Waals surface area contributed by atoms with Crippen LogP contribution in [0.1, 0.15) is 12.5 Å². The molecule has 7 heteroatoms. The van der Waals surface area contributed by atoms with Crippen LogP contribution in [0.4, 0.5) is 10.2 Å². The minimum absolute atomic E-state index is 0.271. The molecule has 1 fully saturated rings. The van der Waals surface area contributed by atoms with Crippen LogP contribution >= 0.6 is 0 Å². The van der Waals surface area contributed by atoms with Gasteiger partial charge >= 0.3 is 0 Å². The Bertz CT molecular complexity index is 892. The Labute approximate surface area is 145 Å². The quantitative estimate of drug-likeness (QED) is 0.732. The molecule has 1 unspecified atom stereocenters. The topological polar surface area (TPSA) is 50.1 Å². The van der Waals surface area contributed by atoms with Gasteiger partial charge < -0.3 is 4.90 Å². The minimum Gasteiger partial charge on any atom is -0.353 e. The number of hydrogen-bond acceptors (Lipinski definition) is 5. The maximum atomic E-state index is 13.4. The lowest BCUT2D eigenvalue weighted by Gasteiger charge is -2.40. The van der Waals surface area contributed by atoms with Crippen LogP contribution in [0.15, 0.2) is 36.9 Å². The molecule has 25 heavy (non-hydrogen) atoms. The van der Waals surface area contributed by atoms with Crippen molar-refractivity contribution in [2.24, 2.45) is 7.05 Å². The first kappa shape index (κ1) is 16.0. The Hall–Kier alpha value is -2.54. The van der Waals surface area contributed by atoms with Gasteiger partial charge in [0.25, 0.3) is 0 Å². The number of anilines is 1. The molecule has 0 N–H and O–H groups in total. The monoisotopic (exact) mass is 340 g/mol. The van der Waals surface area contributed by atoms with E-state index in [1.165, 1.54) is 24.0 Å². The highest BCUT2D eigenvalue weighted by molar-refractivity contribution is 5.89. The summed E-state index contributed by atoms with van der Waals surface area (Å²) >= 11 is 0. The first-order valence-corrected chi connectivity index (χ1v) is 8.47. The molecular weight excluding hydrogens is 319 g/mol. The normalized spacial score (nSPS) is 18.8. The lowest BCUT2D eigenvalue weighted by molar-refractivity contribution is 0.180. The summed E-state index contributed by atoms with van der Waals surface area (Å²) in [7, 11) is 1.94. The van der Waals surface area contributed by atoms with Crippen molar-refractivity contribution >= 4 is 16.7 Å². The van der Waals surface area contributed by atoms with E-state index in [4.69, 9.17) is 0 Å². The molecule has 3 aromatic rings. The van der Waals surface area contributed by atoms with Crippen LogP contribution in [0.2, 0.25) is 0 Å². The maximum Gasteiger partial charge on any atom is 0.139 e. The number of fused-ring (bicyclic) bond motifs is 1. The summed E-state index contributed by atoms with van der Waals surface area (Å²) in [5.74, 6) is 0.615. The zero-order valence-electron chi connectivity index (χ0n) is 14.4. The van der Waals surface area contributed by atoms with Crippen molar-refractivity contribution in [1.82, 2.24) is 24.6 Å².